The highest BCUT2D eigenvalue weighted by Gasteiger charge is 2.39. The molecule has 0 aliphatic heterocycles. The minimum absolute atomic E-state index is 0.00869. The van der Waals surface area contributed by atoms with Gasteiger partial charge in [0.05, 0.1) is 17.8 Å². The highest BCUT2D eigenvalue weighted by atomic mass is 19.4. The maximum absolute atomic E-state index is 14.9. The van der Waals surface area contributed by atoms with Crippen LogP contribution in [-0.4, -0.2) is 91.5 Å². The van der Waals surface area contributed by atoms with Crippen LogP contribution in [0, 0.1) is 17.0 Å². The number of unbranched alkanes of at least 4 members (excludes halogenated alkanes) is 1. The summed E-state index contributed by atoms with van der Waals surface area (Å²) in [5.74, 6) is -5.80. The number of benzene rings is 2. The van der Waals surface area contributed by atoms with Gasteiger partial charge < -0.3 is 41.6 Å². The predicted octanol–water partition coefficient (Wildman–Crippen LogP) is 3.83. The molecule has 0 aliphatic rings. The van der Waals surface area contributed by atoms with Crippen molar-refractivity contribution in [3.8, 4) is 11.3 Å². The predicted molar refractivity (Wildman–Crippen MR) is 183 cm³/mol. The van der Waals surface area contributed by atoms with Crippen LogP contribution in [0.3, 0.4) is 0 Å². The molecule has 3 aromatic rings. The highest BCUT2D eigenvalue weighted by Crippen LogP contribution is 2.39. The van der Waals surface area contributed by atoms with Crippen molar-refractivity contribution in [1.29, 1.82) is 0 Å². The topological polar surface area (TPSA) is 214 Å². The number of nitrogens with one attached hydrogen (secondary N) is 1. The van der Waals surface area contributed by atoms with Crippen molar-refractivity contribution in [2.45, 2.75) is 77.3 Å². The zero-order chi connectivity index (χ0) is 40.1. The molecule has 0 saturated carbocycles. The van der Waals surface area contributed by atoms with Crippen LogP contribution in [0.25, 0.3) is 11.3 Å². The van der Waals surface area contributed by atoms with E-state index < -0.39 is 71.7 Å². The monoisotopic (exact) mass is 756 g/mol. The normalized spacial score (nSPS) is 13.3. The highest BCUT2D eigenvalue weighted by molar-refractivity contribution is 5.82. The molecule has 3 atom stereocenters. The Hall–Kier alpha value is -4.94. The smallest absolute Gasteiger partial charge is 0.480 e. The molecule has 0 fully saturated rings. The number of aliphatic hydroxyl groups excluding tert-OH is 1. The third kappa shape index (κ3) is 13.9. The third-order valence-electron chi connectivity index (χ3n) is 7.86. The number of nitrogens with zero attached hydrogens (tertiary/aromatic N) is 3. The number of carbonyl (C=O) groups excluding carboxylic acids is 2. The van der Waals surface area contributed by atoms with Gasteiger partial charge in [0.15, 0.2) is 0 Å². The van der Waals surface area contributed by atoms with Crippen LogP contribution in [0.2, 0.25) is 0 Å². The minimum Gasteiger partial charge on any atom is -0.480 e. The van der Waals surface area contributed by atoms with Crippen molar-refractivity contribution in [3.05, 3.63) is 77.8 Å². The molecule has 18 heteroatoms. The van der Waals surface area contributed by atoms with Gasteiger partial charge in [0, 0.05) is 31.4 Å². The van der Waals surface area contributed by atoms with E-state index in [1.54, 1.807) is 10.8 Å². The largest absolute Gasteiger partial charge is 0.490 e. The number of carboxylic acid groups (broad SMARTS) is 2. The quantitative estimate of drug-likeness (QED) is 0.0918. The van der Waals surface area contributed by atoms with Crippen molar-refractivity contribution in [3.63, 3.8) is 0 Å². The summed E-state index contributed by atoms with van der Waals surface area (Å²) in [4.78, 5) is 51.9. The van der Waals surface area contributed by atoms with E-state index >= 15 is 0 Å². The number of rotatable bonds is 16. The van der Waals surface area contributed by atoms with Gasteiger partial charge in [0.1, 0.15) is 30.1 Å². The Kier molecular flexibility index (Phi) is 16.5. The van der Waals surface area contributed by atoms with E-state index in [-0.39, 0.29) is 37.2 Å². The number of halogens is 5. The number of amides is 2. The zero-order valence-corrected chi connectivity index (χ0v) is 29.4. The second-order valence-electron chi connectivity index (χ2n) is 13.2. The number of hydrogen-bond donors (Lipinski definition) is 6. The van der Waals surface area contributed by atoms with Crippen molar-refractivity contribution in [1.82, 2.24) is 19.8 Å². The molecule has 0 radical (unpaired) electrons. The summed E-state index contributed by atoms with van der Waals surface area (Å²) in [6.45, 7) is 5.45. The van der Waals surface area contributed by atoms with Crippen molar-refractivity contribution < 1.29 is 56.4 Å². The molecule has 0 bridgehead atoms. The Morgan fingerprint density at radius 3 is 2.11 bits per heavy atom. The minimum atomic E-state index is -5.08. The van der Waals surface area contributed by atoms with Gasteiger partial charge in [-0.15, -0.1) is 0 Å². The fraction of sp³-hybridized carbons (Fsp3) is 0.457. The Bertz CT molecular complexity index is 1680. The molecule has 1 aromatic heterocycles. The summed E-state index contributed by atoms with van der Waals surface area (Å²) in [5, 5.41) is 28.7. The molecule has 8 N–H and O–H groups in total. The second-order valence-corrected chi connectivity index (χ2v) is 13.2. The fourth-order valence-corrected chi connectivity index (χ4v) is 5.23. The van der Waals surface area contributed by atoms with Crippen LogP contribution in [-0.2, 0) is 25.7 Å². The van der Waals surface area contributed by atoms with Gasteiger partial charge in [0.2, 0.25) is 11.8 Å². The van der Waals surface area contributed by atoms with E-state index in [1.807, 2.05) is 51.1 Å². The second kappa shape index (κ2) is 19.8. The average molecular weight is 757 g/mol. The van der Waals surface area contributed by atoms with E-state index in [0.717, 1.165) is 23.8 Å². The van der Waals surface area contributed by atoms with E-state index in [9.17, 15) is 41.4 Å². The molecule has 53 heavy (non-hydrogen) atoms. The number of aromatic nitrogens is 2. The molecule has 13 nitrogen and oxygen atoms in total. The van der Waals surface area contributed by atoms with Crippen LogP contribution >= 0.6 is 0 Å². The molecule has 3 rings (SSSR count). The first-order chi connectivity index (χ1) is 24.7. The van der Waals surface area contributed by atoms with Gasteiger partial charge in [-0.3, -0.25) is 14.4 Å². The van der Waals surface area contributed by atoms with E-state index in [4.69, 9.17) is 31.5 Å². The Labute approximate surface area is 302 Å². The maximum Gasteiger partial charge on any atom is 0.490 e. The summed E-state index contributed by atoms with van der Waals surface area (Å²) >= 11 is 0. The van der Waals surface area contributed by atoms with E-state index in [2.05, 4.69) is 5.32 Å². The van der Waals surface area contributed by atoms with Crippen molar-refractivity contribution in [2.75, 3.05) is 19.7 Å². The zero-order valence-electron chi connectivity index (χ0n) is 29.4. The maximum atomic E-state index is 14.9. The average Bonchev–Trinajstić information content (AvgIpc) is 3.48. The number of nitrogens with two attached hydrogens (primary N) is 2. The summed E-state index contributed by atoms with van der Waals surface area (Å²) < 4.78 is 62.6. The molecule has 0 saturated heterocycles. The van der Waals surface area contributed by atoms with Gasteiger partial charge in [-0.05, 0) is 54.9 Å². The summed E-state index contributed by atoms with van der Waals surface area (Å²) in [6.07, 6.45) is -2.12. The number of carbonyl (C=O) groups is 4. The molecule has 1 heterocycles. The first kappa shape index (κ1) is 44.2. The summed E-state index contributed by atoms with van der Waals surface area (Å²) in [7, 11) is 0. The number of imidazole rings is 1. The lowest BCUT2D eigenvalue weighted by Crippen LogP contribution is -2.47. The Morgan fingerprint density at radius 2 is 1.57 bits per heavy atom. The lowest BCUT2D eigenvalue weighted by Gasteiger charge is -2.40. The molecular formula is C35H45F5N6O7. The van der Waals surface area contributed by atoms with Gasteiger partial charge in [-0.1, -0.05) is 51.1 Å². The lowest BCUT2D eigenvalue weighted by molar-refractivity contribution is -0.192. The van der Waals surface area contributed by atoms with E-state index in [1.165, 1.54) is 4.90 Å². The number of aliphatic hydroxyl groups is 1. The lowest BCUT2D eigenvalue weighted by atomic mass is 9.84. The van der Waals surface area contributed by atoms with Crippen molar-refractivity contribution in [2.24, 2.45) is 16.9 Å². The van der Waals surface area contributed by atoms with Crippen molar-refractivity contribution >= 4 is 23.8 Å². The van der Waals surface area contributed by atoms with Gasteiger partial charge >= 0.3 is 18.1 Å². The fourth-order valence-electron chi connectivity index (χ4n) is 5.23. The molecule has 0 unspecified atom stereocenters. The molecule has 292 valence electrons. The van der Waals surface area contributed by atoms with Gasteiger partial charge in [-0.2, -0.15) is 13.2 Å². The number of alkyl halides is 3. The van der Waals surface area contributed by atoms with Crippen LogP contribution in [0.1, 0.15) is 63.9 Å². The molecule has 2 amide bonds. The molecular weight excluding hydrogens is 711 g/mol. The molecule has 0 spiro atoms. The molecule has 0 aliphatic carbocycles. The Balaban J connectivity index is 0.00000126. The first-order valence-corrected chi connectivity index (χ1v) is 16.5. The first-order valence-electron chi connectivity index (χ1n) is 16.5. The number of aliphatic carboxylic acids is 2. The number of hydrogen-bond acceptors (Lipinski definition) is 8. The standard InChI is InChI=1S/C33H44F2N6O5.C2HF3O2/c1-33(2,3)29(41(28(43)20-42)16-14-25(36)31(44)38-15-8-7-11-26(37)32(45)46)30-39-27(23-17-22(34)12-13-24(23)35)19-40(30)18-21-9-5-4-6-10-21;3-2(4,5)1(6)7/h4-6,9-10,12-13,17,19,25-26,29,42H,7-8,11,14-16,18,20,36-37H2,1-3H3,(H,38,44)(H,45,46);(H,6,7)/t25-,26-,29-;/m0./s1. The van der Waals surface area contributed by atoms with Gasteiger partial charge in [0.25, 0.3) is 0 Å². The third-order valence-corrected chi connectivity index (χ3v) is 7.86. The Morgan fingerprint density at radius 1 is 0.943 bits per heavy atom. The van der Waals surface area contributed by atoms with Crippen LogP contribution in [0.15, 0.2) is 54.7 Å². The van der Waals surface area contributed by atoms with Crippen LogP contribution in [0.5, 0.6) is 0 Å². The van der Waals surface area contributed by atoms with Crippen LogP contribution < -0.4 is 16.8 Å². The van der Waals surface area contributed by atoms with Crippen LogP contribution in [0.4, 0.5) is 22.0 Å². The number of carboxylic acids is 2. The molecule has 2 aromatic carbocycles. The summed E-state index contributed by atoms with van der Waals surface area (Å²) in [6, 6.07) is 9.84. The van der Waals surface area contributed by atoms with Gasteiger partial charge in [-0.25, -0.2) is 18.6 Å². The summed E-state index contributed by atoms with van der Waals surface area (Å²) in [5.41, 5.74) is 12.1. The SMILES string of the molecule is CC(C)(C)[C@H](c1nc(-c2cc(F)ccc2F)cn1Cc1ccccc1)N(CC[C@H](N)C(=O)NCCCC[C@H](N)C(=O)O)C(=O)CO.O=C(O)C(F)(F)F. The van der Waals surface area contributed by atoms with E-state index in [0.29, 0.717) is 25.2 Å².